The van der Waals surface area contributed by atoms with Crippen molar-refractivity contribution in [2.75, 3.05) is 13.1 Å². The Morgan fingerprint density at radius 2 is 1.93 bits per heavy atom. The molecular weight excluding hydrogens is 434 g/mol. The highest BCUT2D eigenvalue weighted by atomic mass is 35.5. The standard InChI is InChI=1S/C18H14ClF4N3O4/c19-12-10(20)2-1-8(13(12)23)5-24-17(29)9-6-25-3-4-26(7-11(21)22)18(30)14(25)16(28)15(9)27/h1-2,6,11,28H,3-5,7H2,(H,24,29). The Morgan fingerprint density at radius 3 is 2.60 bits per heavy atom. The molecule has 0 radical (unpaired) electrons. The van der Waals surface area contributed by atoms with Crippen LogP contribution in [0.4, 0.5) is 17.6 Å². The van der Waals surface area contributed by atoms with Crippen LogP contribution in [0.25, 0.3) is 0 Å². The molecule has 2 heterocycles. The third kappa shape index (κ3) is 3.97. The number of alkyl halides is 2. The molecule has 0 saturated heterocycles. The first-order chi connectivity index (χ1) is 14.1. The lowest BCUT2D eigenvalue weighted by Gasteiger charge is -2.30. The van der Waals surface area contributed by atoms with Gasteiger partial charge in [-0.15, -0.1) is 0 Å². The van der Waals surface area contributed by atoms with Crippen molar-refractivity contribution in [1.29, 1.82) is 0 Å². The number of halogens is 5. The number of pyridine rings is 1. The van der Waals surface area contributed by atoms with Gasteiger partial charge in [-0.1, -0.05) is 17.7 Å². The van der Waals surface area contributed by atoms with Crippen LogP contribution in [0, 0.1) is 11.6 Å². The molecule has 160 valence electrons. The minimum atomic E-state index is -2.79. The molecule has 1 aliphatic rings. The third-order valence-corrected chi connectivity index (χ3v) is 4.86. The number of carbonyl (C=O) groups is 2. The second-order valence-corrected chi connectivity index (χ2v) is 6.80. The molecule has 0 atom stereocenters. The Morgan fingerprint density at radius 1 is 1.23 bits per heavy atom. The maximum atomic E-state index is 13.9. The van der Waals surface area contributed by atoms with Crippen molar-refractivity contribution in [2.24, 2.45) is 0 Å². The lowest BCUT2D eigenvalue weighted by Crippen LogP contribution is -2.44. The first kappa shape index (κ1) is 21.6. The molecule has 0 unspecified atom stereocenters. The van der Waals surface area contributed by atoms with E-state index >= 15 is 0 Å². The van der Waals surface area contributed by atoms with Crippen molar-refractivity contribution < 1.29 is 32.3 Å². The van der Waals surface area contributed by atoms with E-state index in [0.717, 1.165) is 27.8 Å². The first-order valence-corrected chi connectivity index (χ1v) is 8.94. The molecule has 0 saturated carbocycles. The molecule has 1 aromatic heterocycles. The van der Waals surface area contributed by atoms with Crippen LogP contribution in [0.3, 0.4) is 0 Å². The number of rotatable bonds is 5. The fraction of sp³-hybridized carbons (Fsp3) is 0.278. The highest BCUT2D eigenvalue weighted by molar-refractivity contribution is 6.30. The summed E-state index contributed by atoms with van der Waals surface area (Å²) >= 11 is 5.47. The fourth-order valence-electron chi connectivity index (χ4n) is 3.01. The van der Waals surface area contributed by atoms with Gasteiger partial charge in [0.25, 0.3) is 18.2 Å². The van der Waals surface area contributed by atoms with Crippen LogP contribution >= 0.6 is 11.6 Å². The summed E-state index contributed by atoms with van der Waals surface area (Å²) in [5, 5.41) is 11.6. The molecule has 1 aliphatic heterocycles. The van der Waals surface area contributed by atoms with Crippen LogP contribution < -0.4 is 10.7 Å². The Labute approximate surface area is 171 Å². The maximum absolute atomic E-state index is 13.9. The van der Waals surface area contributed by atoms with E-state index in [1.165, 1.54) is 0 Å². The largest absolute Gasteiger partial charge is 0.503 e. The van der Waals surface area contributed by atoms with Gasteiger partial charge in [0.05, 0.1) is 6.54 Å². The monoisotopic (exact) mass is 447 g/mol. The molecule has 0 spiro atoms. The summed E-state index contributed by atoms with van der Waals surface area (Å²) in [7, 11) is 0. The van der Waals surface area contributed by atoms with Gasteiger partial charge in [0.15, 0.2) is 11.4 Å². The van der Waals surface area contributed by atoms with Crippen LogP contribution in [-0.4, -0.2) is 45.9 Å². The smallest absolute Gasteiger partial charge is 0.274 e. The summed E-state index contributed by atoms with van der Waals surface area (Å²) in [6.45, 7) is -1.45. The number of aromatic nitrogens is 1. The second-order valence-electron chi connectivity index (χ2n) is 6.42. The van der Waals surface area contributed by atoms with Crippen molar-refractivity contribution in [3.05, 3.63) is 62.0 Å². The molecule has 3 rings (SSSR count). The van der Waals surface area contributed by atoms with Crippen LogP contribution in [0.2, 0.25) is 5.02 Å². The van der Waals surface area contributed by atoms with Crippen LogP contribution in [0.5, 0.6) is 5.75 Å². The average molecular weight is 448 g/mol. The van der Waals surface area contributed by atoms with Crippen LogP contribution in [0.15, 0.2) is 23.1 Å². The van der Waals surface area contributed by atoms with Gasteiger partial charge in [0.1, 0.15) is 22.2 Å². The normalized spacial score (nSPS) is 13.5. The molecule has 2 N–H and O–H groups in total. The lowest BCUT2D eigenvalue weighted by atomic mass is 10.1. The van der Waals surface area contributed by atoms with E-state index in [2.05, 4.69) is 5.32 Å². The molecule has 30 heavy (non-hydrogen) atoms. The molecule has 12 heteroatoms. The number of hydrogen-bond donors (Lipinski definition) is 2. The molecule has 2 amide bonds. The number of aromatic hydroxyl groups is 1. The molecule has 0 bridgehead atoms. The number of fused-ring (bicyclic) bond motifs is 1. The molecule has 2 aromatic rings. The van der Waals surface area contributed by atoms with Gasteiger partial charge in [-0.25, -0.2) is 17.6 Å². The van der Waals surface area contributed by atoms with Gasteiger partial charge in [0.2, 0.25) is 5.43 Å². The minimum absolute atomic E-state index is 0.0376. The van der Waals surface area contributed by atoms with Crippen molar-refractivity contribution in [3.63, 3.8) is 0 Å². The number of nitrogens with one attached hydrogen (secondary N) is 1. The summed E-state index contributed by atoms with van der Waals surface area (Å²) in [4.78, 5) is 37.8. The van der Waals surface area contributed by atoms with E-state index in [0.29, 0.717) is 0 Å². The number of amides is 2. The Balaban J connectivity index is 1.85. The van der Waals surface area contributed by atoms with Crippen LogP contribution in [0.1, 0.15) is 26.4 Å². The first-order valence-electron chi connectivity index (χ1n) is 8.56. The van der Waals surface area contributed by atoms with Gasteiger partial charge < -0.3 is 19.9 Å². The summed E-state index contributed by atoms with van der Waals surface area (Å²) in [5.41, 5.74) is -2.38. The van der Waals surface area contributed by atoms with E-state index in [1.807, 2.05) is 0 Å². The number of hydrogen-bond acceptors (Lipinski definition) is 4. The molecular formula is C18H14ClF4N3O4. The van der Waals surface area contributed by atoms with Gasteiger partial charge in [-0.05, 0) is 6.07 Å². The minimum Gasteiger partial charge on any atom is -0.503 e. The zero-order valence-electron chi connectivity index (χ0n) is 15.1. The Kier molecular flexibility index (Phi) is 6.01. The number of carbonyl (C=O) groups excluding carboxylic acids is 2. The zero-order valence-corrected chi connectivity index (χ0v) is 15.8. The Bertz CT molecular complexity index is 1090. The molecule has 0 fully saturated rings. The van der Waals surface area contributed by atoms with Crippen molar-refractivity contribution >= 4 is 23.4 Å². The van der Waals surface area contributed by atoms with E-state index in [4.69, 9.17) is 11.6 Å². The summed E-state index contributed by atoms with van der Waals surface area (Å²) in [6, 6.07) is 1.97. The third-order valence-electron chi connectivity index (χ3n) is 4.51. The predicted octanol–water partition coefficient (Wildman–Crippen LogP) is 2.14. The van der Waals surface area contributed by atoms with Gasteiger partial charge >= 0.3 is 0 Å². The maximum Gasteiger partial charge on any atom is 0.274 e. The zero-order chi connectivity index (χ0) is 22.2. The quantitative estimate of drug-likeness (QED) is 0.542. The number of nitrogens with zero attached hydrogens (tertiary/aromatic N) is 2. The highest BCUT2D eigenvalue weighted by Crippen LogP contribution is 2.23. The summed E-state index contributed by atoms with van der Waals surface area (Å²) in [6.07, 6.45) is -1.78. The van der Waals surface area contributed by atoms with Gasteiger partial charge in [0, 0.05) is 31.4 Å². The van der Waals surface area contributed by atoms with Gasteiger partial charge in [-0.3, -0.25) is 14.4 Å². The van der Waals surface area contributed by atoms with Gasteiger partial charge in [-0.2, -0.15) is 0 Å². The molecule has 1 aromatic carbocycles. The second kappa shape index (κ2) is 8.34. The lowest BCUT2D eigenvalue weighted by molar-refractivity contribution is 0.0491. The Hall–Kier alpha value is -3.08. The molecule has 0 aliphatic carbocycles. The topological polar surface area (TPSA) is 91.6 Å². The van der Waals surface area contributed by atoms with Crippen molar-refractivity contribution in [2.45, 2.75) is 19.5 Å². The predicted molar refractivity (Wildman–Crippen MR) is 96.8 cm³/mol. The van der Waals surface area contributed by atoms with E-state index < -0.39 is 70.4 Å². The van der Waals surface area contributed by atoms with Crippen LogP contribution in [-0.2, 0) is 13.1 Å². The molecule has 7 nitrogen and oxygen atoms in total. The van der Waals surface area contributed by atoms with E-state index in [9.17, 15) is 37.1 Å². The highest BCUT2D eigenvalue weighted by Gasteiger charge is 2.32. The SMILES string of the molecule is O=C(NCc1ccc(F)c(Cl)c1F)c1cn2c(c(O)c1=O)C(=O)N(CC(F)F)CC2. The van der Waals surface area contributed by atoms with Crippen molar-refractivity contribution in [3.8, 4) is 5.75 Å². The average Bonchev–Trinajstić information content (AvgIpc) is 2.69. The fourth-order valence-corrected chi connectivity index (χ4v) is 3.19. The van der Waals surface area contributed by atoms with E-state index in [-0.39, 0.29) is 18.7 Å². The van der Waals surface area contributed by atoms with E-state index in [1.54, 1.807) is 0 Å². The summed E-state index contributed by atoms with van der Waals surface area (Å²) in [5.74, 6) is -5.07. The summed E-state index contributed by atoms with van der Waals surface area (Å²) < 4.78 is 53.4. The number of benzene rings is 1. The van der Waals surface area contributed by atoms with Crippen molar-refractivity contribution in [1.82, 2.24) is 14.8 Å².